The molecule has 1 fully saturated rings. The van der Waals surface area contributed by atoms with Gasteiger partial charge in [-0.3, -0.25) is 14.5 Å². The summed E-state index contributed by atoms with van der Waals surface area (Å²) < 4.78 is 0. The number of amidine groups is 1. The number of benzene rings is 1. The highest BCUT2D eigenvalue weighted by atomic mass is 16.6. The third-order valence-corrected chi connectivity index (χ3v) is 4.31. The number of amides is 4. The van der Waals surface area contributed by atoms with Gasteiger partial charge in [-0.1, -0.05) is 35.0 Å². The molecule has 8 nitrogen and oxygen atoms in total. The van der Waals surface area contributed by atoms with Gasteiger partial charge in [0.1, 0.15) is 18.2 Å². The minimum Gasteiger partial charge on any atom is -0.391 e. The largest absolute Gasteiger partial charge is 0.391 e. The van der Waals surface area contributed by atoms with Gasteiger partial charge in [-0.2, -0.15) is 0 Å². The van der Waals surface area contributed by atoms with Crippen molar-refractivity contribution in [3.8, 4) is 0 Å². The minimum absolute atomic E-state index is 0.100. The summed E-state index contributed by atoms with van der Waals surface area (Å²) in [6, 6.07) is 6.73. The van der Waals surface area contributed by atoms with Crippen LogP contribution < -0.4 is 10.6 Å². The number of urea groups is 1. The summed E-state index contributed by atoms with van der Waals surface area (Å²) in [5.41, 5.74) is 0.531. The van der Waals surface area contributed by atoms with Crippen LogP contribution in [0.5, 0.6) is 0 Å². The van der Waals surface area contributed by atoms with Gasteiger partial charge in [-0.05, 0) is 26.3 Å². The average Bonchev–Trinajstić information content (AvgIpc) is 3.05. The van der Waals surface area contributed by atoms with Crippen molar-refractivity contribution in [1.29, 1.82) is 0 Å². The number of nitrogens with zero attached hydrogens (tertiary/aromatic N) is 2. The topological polar surface area (TPSA) is 100 Å². The van der Waals surface area contributed by atoms with Gasteiger partial charge >= 0.3 is 6.03 Å². The molecule has 8 heteroatoms. The van der Waals surface area contributed by atoms with Gasteiger partial charge in [0.15, 0.2) is 5.84 Å². The van der Waals surface area contributed by atoms with Crippen molar-refractivity contribution in [2.75, 3.05) is 6.54 Å². The van der Waals surface area contributed by atoms with Crippen molar-refractivity contribution >= 4 is 23.7 Å². The molecule has 0 saturated carbocycles. The lowest BCUT2D eigenvalue weighted by atomic mass is 9.91. The Labute approximate surface area is 145 Å². The minimum atomic E-state index is -1.19. The van der Waals surface area contributed by atoms with Crippen molar-refractivity contribution in [1.82, 2.24) is 15.5 Å². The number of nitrogens with one attached hydrogen (secondary N) is 2. The molecule has 1 aromatic carbocycles. The summed E-state index contributed by atoms with van der Waals surface area (Å²) in [5, 5.41) is 8.97. The number of oxime groups is 1. The summed E-state index contributed by atoms with van der Waals surface area (Å²) in [5.74, 6) is -0.562. The Bertz CT molecular complexity index is 758. The number of carbonyl (C=O) groups is 3. The van der Waals surface area contributed by atoms with E-state index in [1.807, 2.05) is 26.0 Å². The van der Waals surface area contributed by atoms with E-state index in [1.54, 1.807) is 19.1 Å². The summed E-state index contributed by atoms with van der Waals surface area (Å²) in [7, 11) is 0. The maximum atomic E-state index is 12.8. The molecule has 1 aromatic rings. The fourth-order valence-electron chi connectivity index (χ4n) is 2.84. The molecule has 4 amide bonds. The van der Waals surface area contributed by atoms with Crippen LogP contribution >= 0.6 is 0 Å². The third-order valence-electron chi connectivity index (χ3n) is 4.31. The lowest BCUT2D eigenvalue weighted by molar-refractivity contribution is -0.134. The Hall–Kier alpha value is -2.90. The highest BCUT2D eigenvalue weighted by Crippen LogP contribution is 2.28. The molecular weight excluding hydrogens is 324 g/mol. The van der Waals surface area contributed by atoms with Crippen LogP contribution in [-0.2, 0) is 20.0 Å². The van der Waals surface area contributed by atoms with Crippen LogP contribution in [-0.4, -0.2) is 41.2 Å². The summed E-state index contributed by atoms with van der Waals surface area (Å²) in [6.07, 6.45) is 0.379. The molecule has 0 radical (unpaired) electrons. The van der Waals surface area contributed by atoms with Gasteiger partial charge in [-0.15, -0.1) is 0 Å². The zero-order chi connectivity index (χ0) is 18.2. The van der Waals surface area contributed by atoms with E-state index >= 15 is 0 Å². The fraction of sp³-hybridized carbons (Fsp3) is 0.412. The first-order chi connectivity index (χ1) is 11.8. The molecule has 0 aromatic heterocycles. The van der Waals surface area contributed by atoms with E-state index in [9.17, 15) is 14.4 Å². The van der Waals surface area contributed by atoms with Crippen LogP contribution in [0.1, 0.15) is 31.4 Å². The summed E-state index contributed by atoms with van der Waals surface area (Å²) in [4.78, 5) is 43.0. The summed E-state index contributed by atoms with van der Waals surface area (Å²) in [6.45, 7) is 5.02. The molecule has 2 aliphatic heterocycles. The van der Waals surface area contributed by atoms with Gasteiger partial charge < -0.3 is 15.5 Å². The molecule has 2 unspecified atom stereocenters. The first-order valence-corrected chi connectivity index (χ1v) is 8.03. The van der Waals surface area contributed by atoms with Gasteiger partial charge in [0, 0.05) is 6.42 Å². The van der Waals surface area contributed by atoms with Crippen LogP contribution in [0.2, 0.25) is 0 Å². The first kappa shape index (κ1) is 16.9. The monoisotopic (exact) mass is 344 g/mol. The third kappa shape index (κ3) is 3.19. The number of hydrogen-bond acceptors (Lipinski definition) is 5. The van der Waals surface area contributed by atoms with E-state index in [-0.39, 0.29) is 12.6 Å². The molecule has 0 aliphatic carbocycles. The SMILES string of the molecule is Cc1ccc(C2(C)NC(=O)N(CC(=O)NC3=NOC(C)C3)C2=O)cc1. The first-order valence-electron chi connectivity index (χ1n) is 8.03. The fourth-order valence-corrected chi connectivity index (χ4v) is 2.84. The molecule has 3 rings (SSSR count). The second kappa shape index (κ2) is 6.19. The van der Waals surface area contributed by atoms with E-state index < -0.39 is 23.4 Å². The van der Waals surface area contributed by atoms with Crippen LogP contribution in [0.15, 0.2) is 29.4 Å². The quantitative estimate of drug-likeness (QED) is 0.799. The predicted molar refractivity (Wildman–Crippen MR) is 89.5 cm³/mol. The molecule has 2 aliphatic rings. The van der Waals surface area contributed by atoms with Gasteiger partial charge in [-0.25, -0.2) is 4.79 Å². The molecule has 0 bridgehead atoms. The van der Waals surface area contributed by atoms with E-state index in [0.717, 1.165) is 10.5 Å². The second-order valence-corrected chi connectivity index (χ2v) is 6.52. The standard InChI is InChI=1S/C17H20N4O4/c1-10-4-6-12(7-5-10)17(3)15(23)21(16(24)19-17)9-14(22)18-13-8-11(2)25-20-13/h4-7,11H,8-9H2,1-3H3,(H,19,24)(H,18,20,22). The van der Waals surface area contributed by atoms with E-state index in [2.05, 4.69) is 15.8 Å². The van der Waals surface area contributed by atoms with Crippen molar-refractivity contribution in [3.05, 3.63) is 35.4 Å². The number of imide groups is 1. The van der Waals surface area contributed by atoms with Crippen molar-refractivity contribution in [2.24, 2.45) is 5.16 Å². The van der Waals surface area contributed by atoms with Crippen LogP contribution in [0.4, 0.5) is 4.79 Å². The lowest BCUT2D eigenvalue weighted by Crippen LogP contribution is -2.44. The Balaban J connectivity index is 1.71. The highest BCUT2D eigenvalue weighted by molar-refractivity contribution is 6.10. The number of carbonyl (C=O) groups excluding carboxylic acids is 3. The normalized spacial score (nSPS) is 25.5. The summed E-state index contributed by atoms with van der Waals surface area (Å²) >= 11 is 0. The molecular formula is C17H20N4O4. The molecule has 132 valence electrons. The molecule has 25 heavy (non-hydrogen) atoms. The Morgan fingerprint density at radius 2 is 2.08 bits per heavy atom. The van der Waals surface area contributed by atoms with Crippen LogP contribution in [0.25, 0.3) is 0 Å². The van der Waals surface area contributed by atoms with E-state index in [4.69, 9.17) is 4.84 Å². The zero-order valence-electron chi connectivity index (χ0n) is 14.3. The maximum absolute atomic E-state index is 12.8. The number of hydrogen-bond donors (Lipinski definition) is 2. The Kier molecular flexibility index (Phi) is 4.20. The Morgan fingerprint density at radius 3 is 2.68 bits per heavy atom. The number of rotatable bonds is 3. The lowest BCUT2D eigenvalue weighted by Gasteiger charge is -2.22. The zero-order valence-corrected chi connectivity index (χ0v) is 14.3. The van der Waals surface area contributed by atoms with Crippen molar-refractivity contribution in [3.63, 3.8) is 0 Å². The van der Waals surface area contributed by atoms with Gasteiger partial charge in [0.2, 0.25) is 5.91 Å². The molecule has 2 atom stereocenters. The average molecular weight is 344 g/mol. The molecule has 1 saturated heterocycles. The van der Waals surface area contributed by atoms with Crippen LogP contribution in [0.3, 0.4) is 0 Å². The van der Waals surface area contributed by atoms with Gasteiger partial charge in [0.25, 0.3) is 5.91 Å². The van der Waals surface area contributed by atoms with Crippen molar-refractivity contribution in [2.45, 2.75) is 38.8 Å². The number of aryl methyl sites for hydroxylation is 1. The van der Waals surface area contributed by atoms with Crippen molar-refractivity contribution < 1.29 is 19.2 Å². The predicted octanol–water partition coefficient (Wildman–Crippen LogP) is 1.00. The van der Waals surface area contributed by atoms with E-state index in [1.165, 1.54) is 0 Å². The smallest absolute Gasteiger partial charge is 0.325 e. The second-order valence-electron chi connectivity index (χ2n) is 6.52. The maximum Gasteiger partial charge on any atom is 0.325 e. The molecule has 2 heterocycles. The highest BCUT2D eigenvalue weighted by Gasteiger charge is 2.49. The van der Waals surface area contributed by atoms with Crippen LogP contribution in [0, 0.1) is 6.92 Å². The molecule has 0 spiro atoms. The van der Waals surface area contributed by atoms with Gasteiger partial charge in [0.05, 0.1) is 0 Å². The van der Waals surface area contributed by atoms with E-state index in [0.29, 0.717) is 17.8 Å². The Morgan fingerprint density at radius 1 is 1.40 bits per heavy atom. The molecule has 2 N–H and O–H groups in total.